The Balaban J connectivity index is 1.27. The monoisotopic (exact) mass is 418 g/mol. The lowest BCUT2D eigenvalue weighted by Crippen LogP contribution is -2.46. The summed E-state index contributed by atoms with van der Waals surface area (Å²) in [6.45, 7) is 2.56. The number of fused-ring (bicyclic) bond motifs is 1. The van der Waals surface area contributed by atoms with Crippen LogP contribution in [-0.2, 0) is 17.7 Å². The van der Waals surface area contributed by atoms with Crippen molar-refractivity contribution in [1.82, 2.24) is 14.9 Å². The molecule has 6 heteroatoms. The first-order valence-corrected chi connectivity index (χ1v) is 11.1. The molecule has 3 aliphatic rings. The number of carbonyl (C=O) groups excluding carboxylic acids is 2. The molecule has 2 aromatic rings. The summed E-state index contributed by atoms with van der Waals surface area (Å²) < 4.78 is 17.6. The Labute approximate surface area is 185 Å². The molecule has 0 aromatic carbocycles. The number of allylic oxidation sites excluding steroid dienone is 1. The van der Waals surface area contributed by atoms with Gasteiger partial charge in [-0.05, 0) is 48.1 Å². The van der Waals surface area contributed by atoms with E-state index in [4.69, 9.17) is 2.74 Å². The molecule has 0 amide bonds. The number of hydrogen-bond donors (Lipinski definition) is 0. The second kappa shape index (κ2) is 8.35. The summed E-state index contributed by atoms with van der Waals surface area (Å²) in [6, 6.07) is 5.49. The fourth-order valence-corrected chi connectivity index (χ4v) is 4.27. The van der Waals surface area contributed by atoms with Gasteiger partial charge in [-0.1, -0.05) is 13.0 Å². The quantitative estimate of drug-likeness (QED) is 0.671. The summed E-state index contributed by atoms with van der Waals surface area (Å²) in [6.07, 6.45) is 8.16. The van der Waals surface area contributed by atoms with Crippen molar-refractivity contribution in [3.63, 3.8) is 0 Å². The first kappa shape index (κ1) is 17.8. The molecule has 2 fully saturated rings. The van der Waals surface area contributed by atoms with Gasteiger partial charge < -0.3 is 4.90 Å². The molecule has 3 heterocycles. The molecule has 0 N–H and O–H groups in total. The van der Waals surface area contributed by atoms with Gasteiger partial charge in [0.1, 0.15) is 5.69 Å². The summed E-state index contributed by atoms with van der Waals surface area (Å²) >= 11 is 0. The SMILES string of the molecule is [2H]C([2H])(c1cnc2c(c1)CC(=O)C(C1CC1)=C2)N1CCN(c2ccc(C(=O)CC)nc2)CC1. The Morgan fingerprint density at radius 3 is 2.65 bits per heavy atom. The maximum absolute atomic E-state index is 12.5. The Morgan fingerprint density at radius 1 is 1.16 bits per heavy atom. The molecule has 31 heavy (non-hydrogen) atoms. The second-order valence-electron chi connectivity index (χ2n) is 8.51. The zero-order chi connectivity index (χ0) is 23.2. The number of hydrogen-bond acceptors (Lipinski definition) is 6. The van der Waals surface area contributed by atoms with Crippen LogP contribution < -0.4 is 4.90 Å². The summed E-state index contributed by atoms with van der Waals surface area (Å²) in [5.74, 6) is 0.575. The van der Waals surface area contributed by atoms with Crippen LogP contribution in [0.25, 0.3) is 6.08 Å². The van der Waals surface area contributed by atoms with Crippen LogP contribution in [0.2, 0.25) is 0 Å². The molecule has 6 nitrogen and oxygen atoms in total. The van der Waals surface area contributed by atoms with Crippen molar-refractivity contribution < 1.29 is 12.3 Å². The van der Waals surface area contributed by atoms with Crippen LogP contribution in [0, 0.1) is 5.92 Å². The first-order chi connectivity index (χ1) is 15.9. The number of pyridine rings is 2. The Hall–Kier alpha value is -2.86. The third kappa shape index (κ3) is 4.30. The van der Waals surface area contributed by atoms with Crippen molar-refractivity contribution >= 4 is 23.3 Å². The number of nitrogens with zero attached hydrogens (tertiary/aromatic N) is 4. The number of aromatic nitrogens is 2. The highest BCUT2D eigenvalue weighted by Crippen LogP contribution is 2.40. The van der Waals surface area contributed by atoms with Crippen molar-refractivity contribution in [2.24, 2.45) is 5.92 Å². The van der Waals surface area contributed by atoms with Crippen molar-refractivity contribution in [2.45, 2.75) is 39.1 Å². The van der Waals surface area contributed by atoms with E-state index in [1.165, 1.54) is 0 Å². The molecule has 0 unspecified atom stereocenters. The standard InChI is InChI=1S/C25H28N4O2/c1-2-24(30)22-6-5-20(15-27-22)29-9-7-28(8-10-29)16-17-11-19-12-25(31)21(18-3-4-18)13-23(19)26-14-17/h5-6,11,13-15,18H,2-4,7-10,12,16H2,1H3/i16D2. The third-order valence-corrected chi connectivity index (χ3v) is 6.27. The van der Waals surface area contributed by atoms with Crippen LogP contribution in [0.15, 0.2) is 36.2 Å². The number of carbonyl (C=O) groups is 2. The minimum absolute atomic E-state index is 0.0270. The van der Waals surface area contributed by atoms with Gasteiger partial charge in [-0.2, -0.15) is 0 Å². The van der Waals surface area contributed by atoms with Crippen LogP contribution in [0.1, 0.15) is 56.2 Å². The summed E-state index contributed by atoms with van der Waals surface area (Å²) in [7, 11) is 0. The van der Waals surface area contributed by atoms with E-state index >= 15 is 0 Å². The lowest BCUT2D eigenvalue weighted by Gasteiger charge is -2.36. The number of rotatable bonds is 6. The number of ketones is 2. The summed E-state index contributed by atoms with van der Waals surface area (Å²) in [4.78, 5) is 37.1. The summed E-state index contributed by atoms with van der Waals surface area (Å²) in [5, 5.41) is 0. The lowest BCUT2D eigenvalue weighted by atomic mass is 9.91. The van der Waals surface area contributed by atoms with Crippen molar-refractivity contribution in [3.8, 4) is 0 Å². The molecule has 5 rings (SSSR count). The minimum Gasteiger partial charge on any atom is -0.368 e. The molecule has 0 spiro atoms. The fourth-order valence-electron chi connectivity index (χ4n) is 4.27. The van der Waals surface area contributed by atoms with Gasteiger partial charge in [-0.25, -0.2) is 0 Å². The van der Waals surface area contributed by atoms with Gasteiger partial charge in [0.25, 0.3) is 0 Å². The van der Waals surface area contributed by atoms with E-state index in [0.717, 1.165) is 35.4 Å². The van der Waals surface area contributed by atoms with Crippen LogP contribution in [0.3, 0.4) is 0 Å². The zero-order valence-electron chi connectivity index (χ0n) is 19.8. The van der Waals surface area contributed by atoms with Crippen molar-refractivity contribution in [3.05, 3.63) is 58.7 Å². The van der Waals surface area contributed by atoms with Gasteiger partial charge in [-0.15, -0.1) is 0 Å². The van der Waals surface area contributed by atoms with Crippen molar-refractivity contribution in [1.29, 1.82) is 0 Å². The Bertz CT molecular complexity index is 1120. The zero-order valence-corrected chi connectivity index (χ0v) is 17.8. The number of piperazine rings is 1. The topological polar surface area (TPSA) is 66.4 Å². The average molecular weight is 419 g/mol. The van der Waals surface area contributed by atoms with Crippen molar-refractivity contribution in [2.75, 3.05) is 31.1 Å². The van der Waals surface area contributed by atoms with Crippen LogP contribution in [-0.4, -0.2) is 52.6 Å². The van der Waals surface area contributed by atoms with E-state index < -0.39 is 6.50 Å². The molecule has 2 aromatic heterocycles. The highest BCUT2D eigenvalue weighted by molar-refractivity contribution is 6.04. The van der Waals surface area contributed by atoms with Gasteiger partial charge >= 0.3 is 0 Å². The molecule has 160 valence electrons. The Kier molecular flexibility index (Phi) is 4.79. The van der Waals surface area contributed by atoms with E-state index in [1.807, 2.05) is 30.0 Å². The van der Waals surface area contributed by atoms with E-state index in [9.17, 15) is 9.59 Å². The van der Waals surface area contributed by atoms with Gasteiger partial charge in [-0.3, -0.25) is 24.5 Å². The number of Topliss-reactive ketones (excluding diaryl/α,β-unsaturated/α-hetero) is 2. The fraction of sp³-hybridized carbons (Fsp3) is 0.440. The van der Waals surface area contributed by atoms with E-state index in [-0.39, 0.29) is 11.6 Å². The molecule has 0 radical (unpaired) electrons. The maximum atomic E-state index is 12.5. The van der Waals surface area contributed by atoms with E-state index in [1.54, 1.807) is 18.5 Å². The maximum Gasteiger partial charge on any atom is 0.180 e. The van der Waals surface area contributed by atoms with Crippen LogP contribution >= 0.6 is 0 Å². The predicted molar refractivity (Wildman–Crippen MR) is 120 cm³/mol. The molecule has 0 bridgehead atoms. The molecule has 1 saturated carbocycles. The van der Waals surface area contributed by atoms with Gasteiger partial charge in [0.15, 0.2) is 11.6 Å². The van der Waals surface area contributed by atoms with E-state index in [2.05, 4.69) is 14.9 Å². The van der Waals surface area contributed by atoms with Gasteiger partial charge in [0.05, 0.1) is 17.6 Å². The second-order valence-corrected chi connectivity index (χ2v) is 8.51. The molecule has 1 saturated heterocycles. The van der Waals surface area contributed by atoms with Crippen LogP contribution in [0.5, 0.6) is 0 Å². The molecule has 2 aliphatic carbocycles. The predicted octanol–water partition coefficient (Wildman–Crippen LogP) is 3.31. The molecule has 1 aliphatic heterocycles. The highest BCUT2D eigenvalue weighted by Gasteiger charge is 2.33. The highest BCUT2D eigenvalue weighted by atomic mass is 16.1. The van der Waals surface area contributed by atoms with E-state index in [0.29, 0.717) is 56.2 Å². The minimum atomic E-state index is -1.67. The first-order valence-electron chi connectivity index (χ1n) is 12.1. The Morgan fingerprint density at radius 2 is 1.97 bits per heavy atom. The lowest BCUT2D eigenvalue weighted by molar-refractivity contribution is -0.115. The van der Waals surface area contributed by atoms with Crippen LogP contribution in [0.4, 0.5) is 5.69 Å². The molecular formula is C25H28N4O2. The molecule has 0 atom stereocenters. The smallest absolute Gasteiger partial charge is 0.180 e. The number of anilines is 1. The van der Waals surface area contributed by atoms with Gasteiger partial charge in [0.2, 0.25) is 0 Å². The normalized spacial score (nSPS) is 20.6. The molecular weight excluding hydrogens is 388 g/mol. The third-order valence-electron chi connectivity index (χ3n) is 6.27. The van der Waals surface area contributed by atoms with Gasteiger partial charge in [0, 0.05) is 60.0 Å². The summed E-state index contributed by atoms with van der Waals surface area (Å²) in [5.41, 5.74) is 4.43. The average Bonchev–Trinajstić information content (AvgIpc) is 3.68. The largest absolute Gasteiger partial charge is 0.368 e.